The van der Waals surface area contributed by atoms with Gasteiger partial charge in [-0.05, 0) is 103 Å². The highest BCUT2D eigenvalue weighted by molar-refractivity contribution is 5.83. The van der Waals surface area contributed by atoms with Crippen molar-refractivity contribution >= 4 is 11.6 Å². The van der Waals surface area contributed by atoms with Crippen molar-refractivity contribution < 1.29 is 13.2 Å². The maximum atomic E-state index is 13.3. The molecule has 4 heterocycles. The Kier molecular flexibility index (Phi) is 14.7. The fourth-order valence-electron chi connectivity index (χ4n) is 7.17. The van der Waals surface area contributed by atoms with Crippen LogP contribution in [-0.4, -0.2) is 45.1 Å². The first-order valence-corrected chi connectivity index (χ1v) is 20.7. The molecule has 8 aromatic rings. The van der Waals surface area contributed by atoms with Crippen LogP contribution >= 0.6 is 0 Å². The molecule has 11 heteroatoms. The zero-order chi connectivity index (χ0) is 44.0. The second-order valence-corrected chi connectivity index (χ2v) is 15.3. The molecule has 0 bridgehead atoms. The lowest BCUT2D eigenvalue weighted by atomic mass is 9.98. The minimum atomic E-state index is -4.42. The zero-order valence-electron chi connectivity index (χ0n) is 34.9. The van der Waals surface area contributed by atoms with E-state index in [1.807, 2.05) is 66.7 Å². The molecule has 4 aromatic carbocycles. The van der Waals surface area contributed by atoms with Gasteiger partial charge in [0.1, 0.15) is 11.6 Å². The summed E-state index contributed by atoms with van der Waals surface area (Å²) in [7, 11) is 0. The van der Waals surface area contributed by atoms with Gasteiger partial charge < -0.3 is 22.1 Å². The third-order valence-corrected chi connectivity index (χ3v) is 10.3. The highest BCUT2D eigenvalue weighted by atomic mass is 19.4. The number of nitrogens with two attached hydrogens (primary N) is 2. The molecule has 318 valence electrons. The molecule has 0 radical (unpaired) electrons. The van der Waals surface area contributed by atoms with Gasteiger partial charge in [-0.1, -0.05) is 103 Å². The molecule has 0 aliphatic rings. The van der Waals surface area contributed by atoms with Crippen molar-refractivity contribution in [3.8, 4) is 44.8 Å². The van der Waals surface area contributed by atoms with E-state index in [1.54, 1.807) is 55.1 Å². The van der Waals surface area contributed by atoms with Gasteiger partial charge in [-0.25, -0.2) is 9.97 Å². The fourth-order valence-corrected chi connectivity index (χ4v) is 7.17. The number of rotatable bonds is 14. The van der Waals surface area contributed by atoms with E-state index in [2.05, 4.69) is 70.0 Å². The van der Waals surface area contributed by atoms with Gasteiger partial charge in [0.05, 0.1) is 17.0 Å². The van der Waals surface area contributed by atoms with E-state index < -0.39 is 11.7 Å². The summed E-state index contributed by atoms with van der Waals surface area (Å²) in [6, 6.07) is 49.2. The van der Waals surface area contributed by atoms with Crippen LogP contribution in [0, 0.1) is 6.92 Å². The minimum Gasteiger partial charge on any atom is -0.368 e. The van der Waals surface area contributed by atoms with Gasteiger partial charge in [-0.15, -0.1) is 0 Å². The van der Waals surface area contributed by atoms with Crippen LogP contribution in [0.3, 0.4) is 0 Å². The smallest absolute Gasteiger partial charge is 0.368 e. The lowest BCUT2D eigenvalue weighted by Gasteiger charge is -2.16. The number of pyridine rings is 4. The second kappa shape index (κ2) is 21.0. The molecular weight excluding hydrogens is 794 g/mol. The summed E-state index contributed by atoms with van der Waals surface area (Å²) in [5, 5.41) is 6.67. The van der Waals surface area contributed by atoms with Gasteiger partial charge in [0, 0.05) is 72.2 Å². The van der Waals surface area contributed by atoms with Crippen molar-refractivity contribution in [3.05, 3.63) is 205 Å². The van der Waals surface area contributed by atoms with Crippen LogP contribution in [0.2, 0.25) is 0 Å². The Balaban J connectivity index is 0.000000190. The van der Waals surface area contributed by atoms with E-state index in [1.165, 1.54) is 17.2 Å². The molecule has 0 unspecified atom stereocenters. The molecule has 63 heavy (non-hydrogen) atoms. The third-order valence-electron chi connectivity index (χ3n) is 10.3. The lowest BCUT2D eigenvalue weighted by Crippen LogP contribution is -2.31. The number of aryl methyl sites for hydroxylation is 1. The van der Waals surface area contributed by atoms with Crippen molar-refractivity contribution in [1.29, 1.82) is 0 Å². The Morgan fingerprint density at radius 1 is 0.492 bits per heavy atom. The van der Waals surface area contributed by atoms with E-state index in [9.17, 15) is 13.2 Å². The Morgan fingerprint density at radius 3 is 1.38 bits per heavy atom. The highest BCUT2D eigenvalue weighted by Crippen LogP contribution is 2.36. The summed E-state index contributed by atoms with van der Waals surface area (Å²) in [5.74, 6) is 1.42. The quantitative estimate of drug-likeness (QED) is 0.0852. The third kappa shape index (κ3) is 12.4. The van der Waals surface area contributed by atoms with E-state index in [0.717, 1.165) is 57.9 Å². The van der Waals surface area contributed by atoms with E-state index in [0.29, 0.717) is 42.1 Å². The summed E-state index contributed by atoms with van der Waals surface area (Å²) in [6.45, 7) is 3.26. The highest BCUT2D eigenvalue weighted by Gasteiger charge is 2.30. The Bertz CT molecular complexity index is 2660. The fraction of sp³-hybridized carbons (Fsp3) is 0.154. The van der Waals surface area contributed by atoms with Crippen molar-refractivity contribution in [2.75, 3.05) is 23.7 Å². The first-order valence-electron chi connectivity index (χ1n) is 20.7. The number of aromatic nitrogens is 4. The molecular formula is C52H49F3N8. The van der Waals surface area contributed by atoms with Crippen LogP contribution in [0.5, 0.6) is 0 Å². The van der Waals surface area contributed by atoms with Gasteiger partial charge >= 0.3 is 6.18 Å². The summed E-state index contributed by atoms with van der Waals surface area (Å²) in [4.78, 5) is 17.8. The largest absolute Gasteiger partial charge is 0.416 e. The maximum absolute atomic E-state index is 13.3. The molecule has 0 spiro atoms. The van der Waals surface area contributed by atoms with Gasteiger partial charge in [-0.2, -0.15) is 13.2 Å². The monoisotopic (exact) mass is 842 g/mol. The number of hydrogen-bond donors (Lipinski definition) is 4. The molecule has 0 saturated heterocycles. The predicted octanol–water partition coefficient (Wildman–Crippen LogP) is 10.9. The summed E-state index contributed by atoms with van der Waals surface area (Å²) in [5.41, 5.74) is 22.1. The predicted molar refractivity (Wildman–Crippen MR) is 249 cm³/mol. The number of alkyl halides is 3. The number of nitrogens with zero attached hydrogens (tertiary/aromatic N) is 4. The van der Waals surface area contributed by atoms with Crippen molar-refractivity contribution in [3.63, 3.8) is 0 Å². The number of anilines is 2. The van der Waals surface area contributed by atoms with E-state index in [-0.39, 0.29) is 12.1 Å². The number of halogens is 3. The van der Waals surface area contributed by atoms with Gasteiger partial charge in [0.2, 0.25) is 0 Å². The average Bonchev–Trinajstić information content (AvgIpc) is 3.31. The Labute approximate surface area is 366 Å². The standard InChI is InChI=1S/C26H23F3N4.C26H26N4/c27-26(28,29)21-8-4-7-20(16-21)23-9-10-24(33-25(23)19-11-13-31-14-12-19)32-17-22(30)15-18-5-2-1-3-6-18;1-19-6-5-9-22(16-19)24-10-11-25(30-26(24)21-12-14-28-15-13-21)29-18-23(27)17-20-7-3-2-4-8-20/h1-14,16,22H,15,17,30H2,(H,32,33);2-16,23H,17-18,27H2,1H3,(H,29,30)/t22-;23-/m00/s1. The SMILES string of the molecule is Cc1cccc(-c2ccc(NC[C@@H](N)Cc3ccccc3)nc2-c2ccncc2)c1.N[C@H](CNc1ccc(-c2cccc(C(F)(F)F)c2)c(-c2ccncc2)n1)Cc1ccccc1. The van der Waals surface area contributed by atoms with Crippen molar-refractivity contribution in [1.82, 2.24) is 19.9 Å². The topological polar surface area (TPSA) is 128 Å². The Morgan fingerprint density at radius 2 is 0.937 bits per heavy atom. The Hall–Kier alpha value is -7.21. The number of benzene rings is 4. The molecule has 8 nitrogen and oxygen atoms in total. The van der Waals surface area contributed by atoms with E-state index in [4.69, 9.17) is 21.4 Å². The van der Waals surface area contributed by atoms with Gasteiger partial charge in [0.15, 0.2) is 0 Å². The summed E-state index contributed by atoms with van der Waals surface area (Å²) < 4.78 is 39.8. The van der Waals surface area contributed by atoms with Crippen molar-refractivity contribution in [2.45, 2.75) is 38.0 Å². The molecule has 0 fully saturated rings. The van der Waals surface area contributed by atoms with Crippen LogP contribution in [0.25, 0.3) is 44.8 Å². The summed E-state index contributed by atoms with van der Waals surface area (Å²) >= 11 is 0. The molecule has 0 aliphatic carbocycles. The molecule has 8 rings (SSSR count). The lowest BCUT2D eigenvalue weighted by molar-refractivity contribution is -0.137. The maximum Gasteiger partial charge on any atom is 0.416 e. The zero-order valence-corrected chi connectivity index (χ0v) is 34.9. The minimum absolute atomic E-state index is 0.00928. The normalized spacial score (nSPS) is 12.1. The summed E-state index contributed by atoms with van der Waals surface area (Å²) in [6.07, 6.45) is 3.97. The van der Waals surface area contributed by atoms with Crippen molar-refractivity contribution in [2.24, 2.45) is 11.5 Å². The molecule has 0 saturated carbocycles. The van der Waals surface area contributed by atoms with Crippen LogP contribution in [0.1, 0.15) is 22.3 Å². The van der Waals surface area contributed by atoms with E-state index >= 15 is 0 Å². The molecule has 0 aliphatic heterocycles. The van der Waals surface area contributed by atoms with Gasteiger partial charge in [0.25, 0.3) is 0 Å². The first kappa shape index (κ1) is 43.9. The molecule has 4 aromatic heterocycles. The molecule has 0 amide bonds. The van der Waals surface area contributed by atoms with Gasteiger partial charge in [-0.3, -0.25) is 9.97 Å². The van der Waals surface area contributed by atoms with Crippen LogP contribution in [-0.2, 0) is 19.0 Å². The van der Waals surface area contributed by atoms with Crippen LogP contribution in [0.4, 0.5) is 24.8 Å². The molecule has 6 N–H and O–H groups in total. The first-order chi connectivity index (χ1) is 30.6. The number of nitrogens with one attached hydrogen (secondary N) is 2. The number of hydrogen-bond acceptors (Lipinski definition) is 8. The van der Waals surface area contributed by atoms with Crippen LogP contribution < -0.4 is 22.1 Å². The second-order valence-electron chi connectivity index (χ2n) is 15.3. The van der Waals surface area contributed by atoms with Crippen LogP contribution in [0.15, 0.2) is 183 Å². The average molecular weight is 843 g/mol. The molecule has 2 atom stereocenters.